The Morgan fingerprint density at radius 2 is 2.05 bits per heavy atom. The second kappa shape index (κ2) is 6.74. The van der Waals surface area contributed by atoms with Gasteiger partial charge in [0.25, 0.3) is 0 Å². The fourth-order valence-corrected chi connectivity index (χ4v) is 2.52. The van der Waals surface area contributed by atoms with Crippen LogP contribution in [0, 0.1) is 0 Å². The van der Waals surface area contributed by atoms with E-state index in [1.54, 1.807) is 4.90 Å². The highest BCUT2D eigenvalue weighted by Gasteiger charge is 2.36. The number of ether oxygens (including phenoxy) is 1. The topological polar surface area (TPSA) is 61.9 Å². The van der Waals surface area contributed by atoms with Gasteiger partial charge in [-0.25, -0.2) is 0 Å². The summed E-state index contributed by atoms with van der Waals surface area (Å²) in [5, 5.41) is 3.12. The van der Waals surface area contributed by atoms with Gasteiger partial charge < -0.3 is 19.9 Å². The summed E-state index contributed by atoms with van der Waals surface area (Å²) in [5.74, 6) is 0.141. The largest absolute Gasteiger partial charge is 0.375 e. The first-order chi connectivity index (χ1) is 9.24. The molecule has 0 atom stereocenters. The van der Waals surface area contributed by atoms with Crippen LogP contribution in [0.1, 0.15) is 19.3 Å². The smallest absolute Gasteiger partial charge is 0.242 e. The lowest BCUT2D eigenvalue weighted by Gasteiger charge is -2.34. The van der Waals surface area contributed by atoms with Crippen molar-refractivity contribution in [3.8, 4) is 0 Å². The summed E-state index contributed by atoms with van der Waals surface area (Å²) < 4.78 is 5.53. The van der Waals surface area contributed by atoms with E-state index in [1.165, 1.54) is 0 Å². The van der Waals surface area contributed by atoms with Crippen LogP contribution in [0.5, 0.6) is 0 Å². The van der Waals surface area contributed by atoms with Crippen molar-refractivity contribution < 1.29 is 14.3 Å². The molecule has 2 aliphatic heterocycles. The van der Waals surface area contributed by atoms with Crippen LogP contribution in [0.2, 0.25) is 0 Å². The summed E-state index contributed by atoms with van der Waals surface area (Å²) in [4.78, 5) is 27.5. The van der Waals surface area contributed by atoms with E-state index in [9.17, 15) is 9.59 Å². The van der Waals surface area contributed by atoms with E-state index in [0.717, 1.165) is 25.9 Å². The number of piperazine rings is 1. The molecule has 6 nitrogen and oxygen atoms in total. The molecule has 0 radical (unpaired) electrons. The molecule has 1 aliphatic carbocycles. The molecule has 0 aromatic rings. The number of nitrogens with zero attached hydrogens (tertiary/aromatic N) is 2. The fraction of sp³-hybridized carbons (Fsp3) is 0.846. The molecule has 1 saturated carbocycles. The zero-order chi connectivity index (χ0) is 13.2. The third kappa shape index (κ3) is 3.62. The van der Waals surface area contributed by atoms with Gasteiger partial charge in [0.2, 0.25) is 11.8 Å². The molecule has 2 saturated heterocycles. The Bertz CT molecular complexity index is 372. The van der Waals surface area contributed by atoms with Crippen LogP contribution >= 0.6 is 12.4 Å². The standard InChI is InChI=1S/C13H21N3O3.ClH/c17-12(3-6-19-11-7-14-8-11)15-4-5-16(10-1-2-10)13(18)9-15;/h10-11,14H,1-9H2;1H. The predicted molar refractivity (Wildman–Crippen MR) is 75.8 cm³/mol. The molecule has 0 aromatic heterocycles. The van der Waals surface area contributed by atoms with E-state index >= 15 is 0 Å². The van der Waals surface area contributed by atoms with E-state index in [-0.39, 0.29) is 36.9 Å². The molecule has 0 spiro atoms. The van der Waals surface area contributed by atoms with Gasteiger partial charge in [-0.2, -0.15) is 0 Å². The van der Waals surface area contributed by atoms with Crippen molar-refractivity contribution in [2.24, 2.45) is 0 Å². The van der Waals surface area contributed by atoms with Gasteiger partial charge >= 0.3 is 0 Å². The molecule has 3 rings (SSSR count). The quantitative estimate of drug-likeness (QED) is 0.752. The number of carbonyl (C=O) groups excluding carboxylic acids is 2. The summed E-state index contributed by atoms with van der Waals surface area (Å²) in [6.45, 7) is 3.84. The highest BCUT2D eigenvalue weighted by molar-refractivity contribution is 5.86. The van der Waals surface area contributed by atoms with Gasteiger partial charge in [-0.15, -0.1) is 12.4 Å². The highest BCUT2D eigenvalue weighted by atomic mass is 35.5. The minimum atomic E-state index is 0. The molecule has 1 N–H and O–H groups in total. The second-order valence-electron chi connectivity index (χ2n) is 5.53. The van der Waals surface area contributed by atoms with E-state index in [4.69, 9.17) is 4.74 Å². The van der Waals surface area contributed by atoms with Gasteiger partial charge in [-0.05, 0) is 12.8 Å². The maximum atomic E-state index is 12.0. The highest BCUT2D eigenvalue weighted by Crippen LogP contribution is 2.28. The summed E-state index contributed by atoms with van der Waals surface area (Å²) in [6.07, 6.45) is 2.90. The monoisotopic (exact) mass is 303 g/mol. The van der Waals surface area contributed by atoms with E-state index in [2.05, 4.69) is 5.32 Å². The number of hydrogen-bond donors (Lipinski definition) is 1. The van der Waals surface area contributed by atoms with Crippen LogP contribution in [0.3, 0.4) is 0 Å². The average Bonchev–Trinajstić information content (AvgIpc) is 3.16. The van der Waals surface area contributed by atoms with Crippen molar-refractivity contribution in [2.75, 3.05) is 39.3 Å². The molecular weight excluding hydrogens is 282 g/mol. The molecule has 3 aliphatic rings. The summed E-state index contributed by atoms with van der Waals surface area (Å²) in [5.41, 5.74) is 0. The van der Waals surface area contributed by atoms with Crippen LogP contribution in [-0.2, 0) is 14.3 Å². The molecule has 114 valence electrons. The summed E-state index contributed by atoms with van der Waals surface area (Å²) >= 11 is 0. The number of rotatable bonds is 5. The molecular formula is C13H22ClN3O3. The van der Waals surface area contributed by atoms with Gasteiger partial charge in [0.15, 0.2) is 0 Å². The molecule has 0 unspecified atom stereocenters. The number of halogens is 1. The number of hydrogen-bond acceptors (Lipinski definition) is 4. The molecule has 2 amide bonds. The number of amides is 2. The Labute approximate surface area is 125 Å². The number of nitrogens with one attached hydrogen (secondary N) is 1. The molecule has 0 aromatic carbocycles. The van der Waals surface area contributed by atoms with Crippen LogP contribution in [0.25, 0.3) is 0 Å². The Morgan fingerprint density at radius 1 is 1.30 bits per heavy atom. The van der Waals surface area contributed by atoms with Crippen molar-refractivity contribution in [3.63, 3.8) is 0 Å². The van der Waals surface area contributed by atoms with E-state index in [0.29, 0.717) is 32.2 Å². The van der Waals surface area contributed by atoms with Crippen LogP contribution in [-0.4, -0.2) is 73.1 Å². The normalized spacial score (nSPS) is 23.3. The Morgan fingerprint density at radius 3 is 2.60 bits per heavy atom. The van der Waals surface area contributed by atoms with Gasteiger partial charge in [-0.1, -0.05) is 0 Å². The van der Waals surface area contributed by atoms with Gasteiger partial charge in [0, 0.05) is 32.2 Å². The SMILES string of the molecule is Cl.O=C(CCOC1CNC1)N1CCN(C2CC2)C(=O)C1. The minimum Gasteiger partial charge on any atom is -0.375 e. The lowest BCUT2D eigenvalue weighted by atomic mass is 10.2. The molecule has 20 heavy (non-hydrogen) atoms. The first-order valence-corrected chi connectivity index (χ1v) is 7.13. The Hall–Kier alpha value is -0.850. The number of carbonyl (C=O) groups is 2. The third-order valence-corrected chi connectivity index (χ3v) is 4.01. The third-order valence-electron chi connectivity index (χ3n) is 4.01. The van der Waals surface area contributed by atoms with E-state index < -0.39 is 0 Å². The van der Waals surface area contributed by atoms with Crippen molar-refractivity contribution in [3.05, 3.63) is 0 Å². The van der Waals surface area contributed by atoms with Crippen molar-refractivity contribution in [1.82, 2.24) is 15.1 Å². The zero-order valence-electron chi connectivity index (χ0n) is 11.5. The summed E-state index contributed by atoms with van der Waals surface area (Å²) in [7, 11) is 0. The minimum absolute atomic E-state index is 0. The first kappa shape index (κ1) is 15.5. The summed E-state index contributed by atoms with van der Waals surface area (Å²) in [6, 6.07) is 0.458. The second-order valence-corrected chi connectivity index (χ2v) is 5.53. The predicted octanol–water partition coefficient (Wildman–Crippen LogP) is -0.380. The average molecular weight is 304 g/mol. The lowest BCUT2D eigenvalue weighted by molar-refractivity contribution is -0.146. The van der Waals surface area contributed by atoms with Gasteiger partial charge in [0.05, 0.1) is 25.7 Å². The Kier molecular flexibility index (Phi) is 5.23. The molecule has 2 heterocycles. The Balaban J connectivity index is 0.00000147. The maximum Gasteiger partial charge on any atom is 0.242 e. The fourth-order valence-electron chi connectivity index (χ4n) is 2.52. The van der Waals surface area contributed by atoms with Crippen LogP contribution < -0.4 is 5.32 Å². The van der Waals surface area contributed by atoms with Crippen LogP contribution in [0.15, 0.2) is 0 Å². The van der Waals surface area contributed by atoms with Gasteiger partial charge in [0.1, 0.15) is 0 Å². The van der Waals surface area contributed by atoms with Gasteiger partial charge in [-0.3, -0.25) is 9.59 Å². The maximum absolute atomic E-state index is 12.0. The lowest BCUT2D eigenvalue weighted by Crippen LogP contribution is -2.53. The zero-order valence-corrected chi connectivity index (χ0v) is 12.4. The van der Waals surface area contributed by atoms with Crippen molar-refractivity contribution >= 4 is 24.2 Å². The van der Waals surface area contributed by atoms with E-state index in [1.807, 2.05) is 4.90 Å². The van der Waals surface area contributed by atoms with Crippen molar-refractivity contribution in [1.29, 1.82) is 0 Å². The van der Waals surface area contributed by atoms with Crippen molar-refractivity contribution in [2.45, 2.75) is 31.4 Å². The molecule has 0 bridgehead atoms. The molecule has 3 fully saturated rings. The first-order valence-electron chi connectivity index (χ1n) is 7.13. The molecule has 7 heteroatoms. The van der Waals surface area contributed by atoms with Crippen LogP contribution in [0.4, 0.5) is 0 Å².